The first kappa shape index (κ1) is 13.0. The molecule has 1 aliphatic rings. The van der Waals surface area contributed by atoms with Gasteiger partial charge < -0.3 is 5.32 Å². The second-order valence-electron chi connectivity index (χ2n) is 4.97. The smallest absolute Gasteiger partial charge is 0.234 e. The first-order valence-electron chi connectivity index (χ1n) is 6.54. The Morgan fingerprint density at radius 2 is 2.50 bits per heavy atom. The van der Waals surface area contributed by atoms with Crippen LogP contribution in [0.4, 0.5) is 5.95 Å². The fourth-order valence-electron chi connectivity index (χ4n) is 2.61. The monoisotopic (exact) mass is 251 g/mol. The zero-order chi connectivity index (χ0) is 13.0. The van der Waals surface area contributed by atoms with E-state index in [1.54, 1.807) is 11.7 Å². The summed E-state index contributed by atoms with van der Waals surface area (Å²) in [4.78, 5) is 16.5. The van der Waals surface area contributed by atoms with Crippen LogP contribution < -0.4 is 10.6 Å². The van der Waals surface area contributed by atoms with E-state index in [0.29, 0.717) is 5.95 Å². The standard InChI is InChI=1S/C12H21N5O/c1-3-5-12(6-4-7-13-8-12)10(18)16-11-14-9-15-17(11)2/h9,13H,3-8H2,1-2H3,(H,14,15,16,18). The number of piperidine rings is 1. The van der Waals surface area contributed by atoms with Crippen LogP contribution in [0.15, 0.2) is 6.33 Å². The summed E-state index contributed by atoms with van der Waals surface area (Å²) >= 11 is 0. The van der Waals surface area contributed by atoms with Gasteiger partial charge in [0.1, 0.15) is 6.33 Å². The zero-order valence-corrected chi connectivity index (χ0v) is 11.1. The number of carbonyl (C=O) groups is 1. The number of aromatic nitrogens is 3. The minimum absolute atomic E-state index is 0.0626. The van der Waals surface area contributed by atoms with Gasteiger partial charge in [0.05, 0.1) is 5.41 Å². The fraction of sp³-hybridized carbons (Fsp3) is 0.750. The van der Waals surface area contributed by atoms with Gasteiger partial charge >= 0.3 is 0 Å². The van der Waals surface area contributed by atoms with Gasteiger partial charge in [0.2, 0.25) is 11.9 Å². The lowest BCUT2D eigenvalue weighted by Crippen LogP contribution is -2.48. The maximum Gasteiger partial charge on any atom is 0.234 e. The van der Waals surface area contributed by atoms with Gasteiger partial charge in [-0.3, -0.25) is 10.1 Å². The molecular formula is C12H21N5O. The van der Waals surface area contributed by atoms with Crippen LogP contribution in [0.25, 0.3) is 0 Å². The molecule has 1 unspecified atom stereocenters. The van der Waals surface area contributed by atoms with Crippen molar-refractivity contribution < 1.29 is 4.79 Å². The summed E-state index contributed by atoms with van der Waals surface area (Å²) in [5.41, 5.74) is -0.293. The number of aryl methyl sites for hydroxylation is 1. The number of carbonyl (C=O) groups excluding carboxylic acids is 1. The van der Waals surface area contributed by atoms with Crippen molar-refractivity contribution in [2.24, 2.45) is 12.5 Å². The average molecular weight is 251 g/mol. The molecule has 1 amide bonds. The van der Waals surface area contributed by atoms with E-state index in [1.807, 2.05) is 0 Å². The van der Waals surface area contributed by atoms with Gasteiger partial charge in [-0.1, -0.05) is 13.3 Å². The average Bonchev–Trinajstić information content (AvgIpc) is 2.76. The topological polar surface area (TPSA) is 71.8 Å². The Morgan fingerprint density at radius 3 is 3.06 bits per heavy atom. The number of hydrogen-bond donors (Lipinski definition) is 2. The molecule has 0 radical (unpaired) electrons. The van der Waals surface area contributed by atoms with Crippen LogP contribution in [-0.4, -0.2) is 33.8 Å². The molecule has 0 saturated carbocycles. The van der Waals surface area contributed by atoms with E-state index in [2.05, 4.69) is 27.6 Å². The Labute approximate surface area is 107 Å². The summed E-state index contributed by atoms with van der Waals surface area (Å²) in [6.07, 6.45) is 5.35. The molecule has 0 spiro atoms. The van der Waals surface area contributed by atoms with Crippen LogP contribution in [0, 0.1) is 5.41 Å². The predicted octanol–water partition coefficient (Wildman–Crippen LogP) is 0.923. The quantitative estimate of drug-likeness (QED) is 0.835. The molecule has 1 saturated heterocycles. The van der Waals surface area contributed by atoms with Crippen LogP contribution >= 0.6 is 0 Å². The second kappa shape index (κ2) is 5.48. The number of amides is 1. The fourth-order valence-corrected chi connectivity index (χ4v) is 2.61. The Kier molecular flexibility index (Phi) is 3.96. The molecule has 1 fully saturated rings. The van der Waals surface area contributed by atoms with Crippen LogP contribution in [0.5, 0.6) is 0 Å². The summed E-state index contributed by atoms with van der Waals surface area (Å²) in [7, 11) is 1.77. The molecule has 2 heterocycles. The van der Waals surface area contributed by atoms with Crippen molar-refractivity contribution in [1.82, 2.24) is 20.1 Å². The van der Waals surface area contributed by atoms with E-state index in [9.17, 15) is 4.79 Å². The molecule has 0 bridgehead atoms. The Balaban J connectivity index is 2.11. The summed E-state index contributed by atoms with van der Waals surface area (Å²) in [6, 6.07) is 0. The maximum atomic E-state index is 12.5. The number of anilines is 1. The van der Waals surface area contributed by atoms with Crippen molar-refractivity contribution in [1.29, 1.82) is 0 Å². The molecule has 18 heavy (non-hydrogen) atoms. The van der Waals surface area contributed by atoms with Crippen LogP contribution in [0.1, 0.15) is 32.6 Å². The maximum absolute atomic E-state index is 12.5. The van der Waals surface area contributed by atoms with E-state index in [0.717, 1.165) is 38.8 Å². The number of nitrogens with zero attached hydrogens (tertiary/aromatic N) is 3. The minimum Gasteiger partial charge on any atom is -0.316 e. The summed E-state index contributed by atoms with van der Waals surface area (Å²) in [5, 5.41) is 10.2. The van der Waals surface area contributed by atoms with E-state index in [-0.39, 0.29) is 11.3 Å². The van der Waals surface area contributed by atoms with Crippen LogP contribution in [0.2, 0.25) is 0 Å². The molecule has 1 aliphatic heterocycles. The van der Waals surface area contributed by atoms with Crippen LogP contribution in [0.3, 0.4) is 0 Å². The van der Waals surface area contributed by atoms with Crippen molar-refractivity contribution in [2.45, 2.75) is 32.6 Å². The second-order valence-corrected chi connectivity index (χ2v) is 4.97. The highest BCUT2D eigenvalue weighted by Crippen LogP contribution is 2.32. The molecule has 6 heteroatoms. The van der Waals surface area contributed by atoms with E-state index in [1.165, 1.54) is 6.33 Å². The number of nitrogens with one attached hydrogen (secondary N) is 2. The van der Waals surface area contributed by atoms with Gasteiger partial charge in [-0.05, 0) is 25.8 Å². The van der Waals surface area contributed by atoms with Gasteiger partial charge in [0, 0.05) is 13.6 Å². The van der Waals surface area contributed by atoms with Crippen LogP contribution in [-0.2, 0) is 11.8 Å². The van der Waals surface area contributed by atoms with Gasteiger partial charge in [-0.25, -0.2) is 4.68 Å². The molecule has 1 atom stereocenters. The third-order valence-electron chi connectivity index (χ3n) is 3.62. The lowest BCUT2D eigenvalue weighted by molar-refractivity contribution is -0.127. The van der Waals surface area contributed by atoms with Crippen molar-refractivity contribution in [3.05, 3.63) is 6.33 Å². The van der Waals surface area contributed by atoms with Gasteiger partial charge in [0.15, 0.2) is 0 Å². The highest BCUT2D eigenvalue weighted by atomic mass is 16.2. The largest absolute Gasteiger partial charge is 0.316 e. The molecule has 2 N–H and O–H groups in total. The van der Waals surface area contributed by atoms with Gasteiger partial charge in [0.25, 0.3) is 0 Å². The molecule has 1 aromatic heterocycles. The van der Waals surface area contributed by atoms with E-state index < -0.39 is 0 Å². The molecule has 2 rings (SSSR count). The molecule has 1 aromatic rings. The van der Waals surface area contributed by atoms with E-state index >= 15 is 0 Å². The summed E-state index contributed by atoms with van der Waals surface area (Å²) in [5.74, 6) is 0.578. The lowest BCUT2D eigenvalue weighted by atomic mass is 9.76. The molecule has 100 valence electrons. The summed E-state index contributed by atoms with van der Waals surface area (Å²) < 4.78 is 1.58. The number of hydrogen-bond acceptors (Lipinski definition) is 4. The van der Waals surface area contributed by atoms with Crippen molar-refractivity contribution >= 4 is 11.9 Å². The van der Waals surface area contributed by atoms with Crippen molar-refractivity contribution in [2.75, 3.05) is 18.4 Å². The SMILES string of the molecule is CCCC1(C(=O)Nc2ncnn2C)CCCNC1. The molecular weight excluding hydrogens is 230 g/mol. The molecule has 0 aromatic carbocycles. The Hall–Kier alpha value is -1.43. The van der Waals surface area contributed by atoms with Gasteiger partial charge in [-0.2, -0.15) is 10.1 Å². The summed E-state index contributed by atoms with van der Waals surface area (Å²) in [6.45, 7) is 3.87. The Bertz CT molecular complexity index is 403. The lowest BCUT2D eigenvalue weighted by Gasteiger charge is -2.35. The third-order valence-corrected chi connectivity index (χ3v) is 3.62. The first-order chi connectivity index (χ1) is 8.68. The van der Waals surface area contributed by atoms with E-state index in [4.69, 9.17) is 0 Å². The predicted molar refractivity (Wildman–Crippen MR) is 69.1 cm³/mol. The van der Waals surface area contributed by atoms with Gasteiger partial charge in [-0.15, -0.1) is 0 Å². The Morgan fingerprint density at radius 1 is 1.67 bits per heavy atom. The minimum atomic E-state index is -0.293. The molecule has 0 aliphatic carbocycles. The number of rotatable bonds is 4. The highest BCUT2D eigenvalue weighted by Gasteiger charge is 2.39. The third kappa shape index (κ3) is 2.53. The van der Waals surface area contributed by atoms with Crippen molar-refractivity contribution in [3.63, 3.8) is 0 Å². The normalized spacial score (nSPS) is 23.9. The first-order valence-corrected chi connectivity index (χ1v) is 6.54. The van der Waals surface area contributed by atoms with Crippen molar-refractivity contribution in [3.8, 4) is 0 Å². The zero-order valence-electron chi connectivity index (χ0n) is 11.1. The highest BCUT2D eigenvalue weighted by molar-refractivity contribution is 5.94. The molecule has 6 nitrogen and oxygen atoms in total.